The largest absolute Gasteiger partial charge is 0.573 e. The molecule has 2 aromatic carbocycles. The van der Waals surface area contributed by atoms with Crippen LogP contribution in [0.25, 0.3) is 0 Å². The number of carboxylic acid groups (broad SMARTS) is 1. The molecule has 0 aliphatic rings. The fourth-order valence-electron chi connectivity index (χ4n) is 2.17. The lowest BCUT2D eigenvalue weighted by molar-refractivity contribution is -0.274. The summed E-state index contributed by atoms with van der Waals surface area (Å²) in [7, 11) is -4.12. The first-order valence-corrected chi connectivity index (χ1v) is 10.9. The van der Waals surface area contributed by atoms with Gasteiger partial charge in [0.15, 0.2) is 5.78 Å². The number of halogens is 3. The van der Waals surface area contributed by atoms with Crippen molar-refractivity contribution in [3.63, 3.8) is 0 Å². The Hall–Kier alpha value is -3.32. The van der Waals surface area contributed by atoms with Crippen LogP contribution in [0, 0.1) is 0 Å². The highest BCUT2D eigenvalue weighted by molar-refractivity contribution is 8.14. The lowest BCUT2D eigenvalue weighted by Crippen LogP contribution is -2.17. The molecule has 0 radical (unpaired) electrons. The molecule has 0 saturated carbocycles. The predicted octanol–water partition coefficient (Wildman–Crippen LogP) is 3.47. The van der Waals surface area contributed by atoms with Crippen molar-refractivity contribution in [2.45, 2.75) is 11.3 Å². The lowest BCUT2D eigenvalue weighted by Gasteiger charge is -2.11. The number of ether oxygens (including phenoxy) is 1. The first-order chi connectivity index (χ1) is 14.9. The number of hydrogen-bond donors (Lipinski definition) is 2. The minimum atomic E-state index is -4.90. The monoisotopic (exact) mass is 489 g/mol. The van der Waals surface area contributed by atoms with E-state index in [0.29, 0.717) is 17.8 Å². The Bertz CT molecular complexity index is 1130. The van der Waals surface area contributed by atoms with E-state index >= 15 is 0 Å². The Labute approximate surface area is 184 Å². The number of benzene rings is 2. The standard InChI is InChI=1S/C19H14F3NO7S2/c20-19(21,22)30-14-5-7-15(8-6-14)32(28,29)23-13-3-1-12(2-4-13)16(24)11-31-18(27)10-9-17(25)26/h1-10,23H,11H2,(H,25,26)/b10-9+. The average molecular weight is 489 g/mol. The van der Waals surface area contributed by atoms with Gasteiger partial charge in [-0.15, -0.1) is 13.2 Å². The highest BCUT2D eigenvalue weighted by atomic mass is 32.2. The molecule has 2 aromatic rings. The Morgan fingerprint density at radius 3 is 2.12 bits per heavy atom. The number of sulfonamides is 1. The lowest BCUT2D eigenvalue weighted by atomic mass is 10.1. The molecule has 0 aromatic heterocycles. The van der Waals surface area contributed by atoms with Crippen LogP contribution < -0.4 is 9.46 Å². The van der Waals surface area contributed by atoms with E-state index in [1.54, 1.807) is 0 Å². The zero-order valence-electron chi connectivity index (χ0n) is 15.8. The third-order valence-corrected chi connectivity index (χ3v) is 5.76. The summed E-state index contributed by atoms with van der Waals surface area (Å²) in [5, 5.41) is 7.83. The molecule has 0 bridgehead atoms. The summed E-state index contributed by atoms with van der Waals surface area (Å²) in [4.78, 5) is 33.6. The van der Waals surface area contributed by atoms with Crippen molar-refractivity contribution in [3.05, 3.63) is 66.2 Å². The van der Waals surface area contributed by atoms with Crippen LogP contribution in [0.2, 0.25) is 0 Å². The second-order valence-electron chi connectivity index (χ2n) is 5.90. The van der Waals surface area contributed by atoms with Crippen LogP contribution >= 0.6 is 11.8 Å². The summed E-state index contributed by atoms with van der Waals surface area (Å²) >= 11 is 0.607. The van der Waals surface area contributed by atoms with Crippen LogP contribution in [0.1, 0.15) is 10.4 Å². The zero-order chi connectivity index (χ0) is 23.9. The molecular formula is C19H14F3NO7S2. The van der Waals surface area contributed by atoms with Gasteiger partial charge in [-0.2, -0.15) is 0 Å². The second kappa shape index (κ2) is 10.3. The van der Waals surface area contributed by atoms with Crippen LogP contribution in [-0.4, -0.2) is 42.5 Å². The van der Waals surface area contributed by atoms with Gasteiger partial charge in [0, 0.05) is 17.3 Å². The Morgan fingerprint density at radius 2 is 1.59 bits per heavy atom. The van der Waals surface area contributed by atoms with Gasteiger partial charge in [0.1, 0.15) is 5.75 Å². The molecule has 0 saturated heterocycles. The first kappa shape index (κ1) is 24.9. The van der Waals surface area contributed by atoms with Gasteiger partial charge in [-0.3, -0.25) is 14.3 Å². The normalized spacial score (nSPS) is 11.8. The van der Waals surface area contributed by atoms with Gasteiger partial charge in [-0.1, -0.05) is 11.8 Å². The molecule has 0 spiro atoms. The summed E-state index contributed by atoms with van der Waals surface area (Å²) in [5.41, 5.74) is 0.273. The third-order valence-electron chi connectivity index (χ3n) is 3.53. The number of anilines is 1. The average Bonchev–Trinajstić information content (AvgIpc) is 2.70. The summed E-state index contributed by atoms with van der Waals surface area (Å²) < 4.78 is 67.2. The van der Waals surface area contributed by atoms with Crippen molar-refractivity contribution in [1.29, 1.82) is 0 Å². The van der Waals surface area contributed by atoms with Gasteiger partial charge < -0.3 is 9.84 Å². The smallest absolute Gasteiger partial charge is 0.478 e. The molecule has 32 heavy (non-hydrogen) atoms. The van der Waals surface area contributed by atoms with Crippen LogP contribution in [0.4, 0.5) is 18.9 Å². The number of aliphatic carboxylic acids is 1. The summed E-state index contributed by atoms with van der Waals surface area (Å²) in [6.07, 6.45) is -3.43. The van der Waals surface area contributed by atoms with Gasteiger partial charge in [0.2, 0.25) is 5.12 Å². The van der Waals surface area contributed by atoms with Crippen molar-refractivity contribution in [1.82, 2.24) is 0 Å². The van der Waals surface area contributed by atoms with Crippen molar-refractivity contribution in [2.24, 2.45) is 0 Å². The highest BCUT2D eigenvalue weighted by Gasteiger charge is 2.31. The molecule has 0 amide bonds. The number of nitrogens with one attached hydrogen (secondary N) is 1. The minimum Gasteiger partial charge on any atom is -0.478 e. The van der Waals surface area contributed by atoms with Crippen LogP contribution in [-0.2, 0) is 19.6 Å². The van der Waals surface area contributed by atoms with E-state index in [2.05, 4.69) is 9.46 Å². The number of thioether (sulfide) groups is 1. The van der Waals surface area contributed by atoms with Gasteiger partial charge in [-0.25, -0.2) is 13.2 Å². The molecular weight excluding hydrogens is 475 g/mol. The number of carbonyl (C=O) groups is 3. The number of carbonyl (C=O) groups excluding carboxylic acids is 2. The van der Waals surface area contributed by atoms with E-state index in [1.165, 1.54) is 24.3 Å². The maximum atomic E-state index is 12.4. The van der Waals surface area contributed by atoms with Gasteiger partial charge >= 0.3 is 12.3 Å². The van der Waals surface area contributed by atoms with Crippen LogP contribution in [0.5, 0.6) is 5.75 Å². The van der Waals surface area contributed by atoms with E-state index in [4.69, 9.17) is 5.11 Å². The molecule has 170 valence electrons. The van der Waals surface area contributed by atoms with Crippen molar-refractivity contribution in [3.8, 4) is 5.75 Å². The van der Waals surface area contributed by atoms with E-state index in [9.17, 15) is 36.0 Å². The quantitative estimate of drug-likeness (QED) is 0.405. The number of carboxylic acids is 1. The fraction of sp³-hybridized carbons (Fsp3) is 0.105. The summed E-state index contributed by atoms with van der Waals surface area (Å²) in [6, 6.07) is 8.81. The molecule has 0 fully saturated rings. The first-order valence-electron chi connectivity index (χ1n) is 8.45. The van der Waals surface area contributed by atoms with Gasteiger partial charge in [-0.05, 0) is 54.6 Å². The Balaban J connectivity index is 1.99. The Kier molecular flexibility index (Phi) is 8.05. The number of ketones is 1. The molecule has 2 rings (SSSR count). The van der Waals surface area contributed by atoms with Crippen LogP contribution in [0.15, 0.2) is 65.6 Å². The molecule has 0 heterocycles. The maximum Gasteiger partial charge on any atom is 0.573 e. The topological polar surface area (TPSA) is 127 Å². The van der Waals surface area contributed by atoms with E-state index in [1.807, 2.05) is 0 Å². The number of Topliss-reactive ketones (excluding diaryl/α,β-unsaturated/α-hetero) is 1. The molecule has 13 heteroatoms. The number of rotatable bonds is 9. The summed E-state index contributed by atoms with van der Waals surface area (Å²) in [6.45, 7) is 0. The maximum absolute atomic E-state index is 12.4. The van der Waals surface area contributed by atoms with Crippen LogP contribution in [0.3, 0.4) is 0 Å². The van der Waals surface area contributed by atoms with Crippen molar-refractivity contribution >= 4 is 44.3 Å². The third kappa shape index (κ3) is 8.07. The van der Waals surface area contributed by atoms with Crippen molar-refractivity contribution < 1.29 is 45.8 Å². The van der Waals surface area contributed by atoms with Gasteiger partial charge in [0.25, 0.3) is 10.0 Å². The molecule has 8 nitrogen and oxygen atoms in total. The summed E-state index contributed by atoms with van der Waals surface area (Å²) in [5.74, 6) is -2.56. The van der Waals surface area contributed by atoms with E-state index in [-0.39, 0.29) is 21.9 Å². The number of hydrogen-bond acceptors (Lipinski definition) is 7. The highest BCUT2D eigenvalue weighted by Crippen LogP contribution is 2.25. The SMILES string of the molecule is O=C(O)/C=C/C(=O)SCC(=O)c1ccc(NS(=O)(=O)c2ccc(OC(F)(F)F)cc2)cc1. The van der Waals surface area contributed by atoms with E-state index < -0.39 is 39.0 Å². The molecule has 0 unspecified atom stereocenters. The fourth-order valence-corrected chi connectivity index (χ4v) is 3.83. The second-order valence-corrected chi connectivity index (χ2v) is 8.57. The number of alkyl halides is 3. The Morgan fingerprint density at radius 1 is 1.00 bits per heavy atom. The van der Waals surface area contributed by atoms with Crippen molar-refractivity contribution in [2.75, 3.05) is 10.5 Å². The minimum absolute atomic E-state index is 0.0882. The molecule has 0 aliphatic heterocycles. The molecule has 0 atom stereocenters. The van der Waals surface area contributed by atoms with Gasteiger partial charge in [0.05, 0.1) is 10.6 Å². The predicted molar refractivity (Wildman–Crippen MR) is 109 cm³/mol. The van der Waals surface area contributed by atoms with E-state index in [0.717, 1.165) is 30.3 Å². The zero-order valence-corrected chi connectivity index (χ0v) is 17.5. The molecule has 0 aliphatic carbocycles. The molecule has 2 N–H and O–H groups in total.